The molecule has 0 aliphatic rings. The van der Waals surface area contributed by atoms with Gasteiger partial charge in [-0.2, -0.15) is 4.98 Å². The number of hydrogen-bond donors (Lipinski definition) is 2. The van der Waals surface area contributed by atoms with E-state index >= 15 is 0 Å². The molecule has 2 rings (SSSR count). The van der Waals surface area contributed by atoms with Crippen LogP contribution in [0.3, 0.4) is 0 Å². The second kappa shape index (κ2) is 6.29. The zero-order valence-electron chi connectivity index (χ0n) is 11.6. The number of nitrogens with one attached hydrogen (secondary N) is 1. The van der Waals surface area contributed by atoms with E-state index in [1.54, 1.807) is 13.0 Å². The van der Waals surface area contributed by atoms with E-state index in [1.807, 2.05) is 25.1 Å². The van der Waals surface area contributed by atoms with Gasteiger partial charge in [0, 0.05) is 6.42 Å². The Hall–Kier alpha value is -2.21. The van der Waals surface area contributed by atoms with E-state index in [-0.39, 0.29) is 11.8 Å². The summed E-state index contributed by atoms with van der Waals surface area (Å²) in [7, 11) is 0. The van der Waals surface area contributed by atoms with Crippen LogP contribution in [0.15, 0.2) is 28.8 Å². The van der Waals surface area contributed by atoms with Crippen molar-refractivity contribution in [2.24, 2.45) is 11.7 Å². The second-order valence-corrected chi connectivity index (χ2v) is 4.79. The van der Waals surface area contributed by atoms with Gasteiger partial charge in [-0.25, -0.2) is 0 Å². The van der Waals surface area contributed by atoms with Gasteiger partial charge in [-0.05, 0) is 31.5 Å². The van der Waals surface area contributed by atoms with Crippen molar-refractivity contribution in [3.63, 3.8) is 0 Å². The molecular formula is C14H18N4O2. The van der Waals surface area contributed by atoms with Crippen molar-refractivity contribution in [3.8, 4) is 11.5 Å². The fourth-order valence-electron chi connectivity index (χ4n) is 1.79. The SMILES string of the molecule is Cc1noc(-c2ccccc2NC(=O)CC(C)CN)n1. The first-order valence-electron chi connectivity index (χ1n) is 6.49. The summed E-state index contributed by atoms with van der Waals surface area (Å²) in [6.45, 7) is 4.17. The number of benzene rings is 1. The molecule has 2 aromatic rings. The lowest BCUT2D eigenvalue weighted by Gasteiger charge is -2.11. The molecule has 6 nitrogen and oxygen atoms in total. The second-order valence-electron chi connectivity index (χ2n) is 4.79. The molecule has 1 atom stereocenters. The monoisotopic (exact) mass is 274 g/mol. The third-order valence-corrected chi connectivity index (χ3v) is 2.90. The molecular weight excluding hydrogens is 256 g/mol. The summed E-state index contributed by atoms with van der Waals surface area (Å²) in [4.78, 5) is 16.1. The molecule has 0 saturated heterocycles. The van der Waals surface area contributed by atoms with Crippen LogP contribution in [-0.4, -0.2) is 22.6 Å². The Balaban J connectivity index is 2.18. The largest absolute Gasteiger partial charge is 0.334 e. The standard InChI is InChI=1S/C14H18N4O2/c1-9(8-15)7-13(19)17-12-6-4-3-5-11(12)14-16-10(2)18-20-14/h3-6,9H,7-8,15H2,1-2H3,(H,17,19). The number of para-hydroxylation sites is 1. The molecule has 0 spiro atoms. The highest BCUT2D eigenvalue weighted by molar-refractivity contribution is 5.94. The van der Waals surface area contributed by atoms with Gasteiger partial charge in [0.1, 0.15) is 0 Å². The molecule has 0 aliphatic heterocycles. The molecule has 0 bridgehead atoms. The average molecular weight is 274 g/mol. The van der Waals surface area contributed by atoms with Gasteiger partial charge >= 0.3 is 0 Å². The summed E-state index contributed by atoms with van der Waals surface area (Å²) < 4.78 is 5.14. The van der Waals surface area contributed by atoms with Gasteiger partial charge in [-0.1, -0.05) is 24.2 Å². The van der Waals surface area contributed by atoms with Gasteiger partial charge in [0.25, 0.3) is 5.89 Å². The Morgan fingerprint density at radius 3 is 2.85 bits per heavy atom. The van der Waals surface area contributed by atoms with Crippen LogP contribution >= 0.6 is 0 Å². The third-order valence-electron chi connectivity index (χ3n) is 2.90. The number of carbonyl (C=O) groups is 1. The number of aromatic nitrogens is 2. The van der Waals surface area contributed by atoms with Crippen LogP contribution < -0.4 is 11.1 Å². The maximum Gasteiger partial charge on any atom is 0.260 e. The van der Waals surface area contributed by atoms with E-state index in [1.165, 1.54) is 0 Å². The summed E-state index contributed by atoms with van der Waals surface area (Å²) in [5, 5.41) is 6.62. The molecule has 6 heteroatoms. The maximum absolute atomic E-state index is 11.9. The van der Waals surface area contributed by atoms with Crippen LogP contribution in [-0.2, 0) is 4.79 Å². The fraction of sp³-hybridized carbons (Fsp3) is 0.357. The summed E-state index contributed by atoms with van der Waals surface area (Å²) in [5.41, 5.74) is 6.89. The maximum atomic E-state index is 11.9. The molecule has 1 aromatic carbocycles. The van der Waals surface area contributed by atoms with E-state index in [4.69, 9.17) is 10.3 Å². The molecule has 1 heterocycles. The number of nitrogens with two attached hydrogens (primary N) is 1. The molecule has 20 heavy (non-hydrogen) atoms. The number of rotatable bonds is 5. The van der Waals surface area contributed by atoms with Crippen LogP contribution in [0.4, 0.5) is 5.69 Å². The number of carbonyl (C=O) groups excluding carboxylic acids is 1. The molecule has 0 aliphatic carbocycles. The highest BCUT2D eigenvalue weighted by atomic mass is 16.5. The molecule has 0 saturated carbocycles. The quantitative estimate of drug-likeness (QED) is 0.869. The molecule has 1 aromatic heterocycles. The van der Waals surface area contributed by atoms with Crippen molar-refractivity contribution in [1.29, 1.82) is 0 Å². The number of nitrogens with zero attached hydrogens (tertiary/aromatic N) is 2. The van der Waals surface area contributed by atoms with Gasteiger partial charge in [0.05, 0.1) is 11.3 Å². The Morgan fingerprint density at radius 1 is 1.45 bits per heavy atom. The highest BCUT2D eigenvalue weighted by Crippen LogP contribution is 2.26. The molecule has 0 radical (unpaired) electrons. The number of anilines is 1. The van der Waals surface area contributed by atoms with E-state index in [9.17, 15) is 4.79 Å². The fourth-order valence-corrected chi connectivity index (χ4v) is 1.79. The van der Waals surface area contributed by atoms with Crippen molar-refractivity contribution < 1.29 is 9.32 Å². The van der Waals surface area contributed by atoms with Crippen LogP contribution in [0.2, 0.25) is 0 Å². The van der Waals surface area contributed by atoms with Crippen LogP contribution in [0.5, 0.6) is 0 Å². The molecule has 3 N–H and O–H groups in total. The van der Waals surface area contributed by atoms with Gasteiger partial charge in [-0.15, -0.1) is 0 Å². The van der Waals surface area contributed by atoms with Crippen LogP contribution in [0.1, 0.15) is 19.2 Å². The molecule has 1 amide bonds. The highest BCUT2D eigenvalue weighted by Gasteiger charge is 2.14. The Bertz CT molecular complexity index is 594. The first kappa shape index (κ1) is 14.2. The van der Waals surface area contributed by atoms with E-state index < -0.39 is 0 Å². The summed E-state index contributed by atoms with van der Waals surface area (Å²) in [6, 6.07) is 7.33. The predicted molar refractivity (Wildman–Crippen MR) is 75.9 cm³/mol. The van der Waals surface area contributed by atoms with Crippen molar-refractivity contribution in [2.75, 3.05) is 11.9 Å². The summed E-state index contributed by atoms with van der Waals surface area (Å²) in [5.74, 6) is 1.02. The normalized spacial score (nSPS) is 12.2. The third kappa shape index (κ3) is 3.42. The Labute approximate surface area is 117 Å². The molecule has 1 unspecified atom stereocenters. The first-order chi connectivity index (χ1) is 9.60. The lowest BCUT2D eigenvalue weighted by atomic mass is 10.1. The van der Waals surface area contributed by atoms with Gasteiger partial charge in [0.15, 0.2) is 5.82 Å². The minimum Gasteiger partial charge on any atom is -0.334 e. The number of hydrogen-bond acceptors (Lipinski definition) is 5. The first-order valence-corrected chi connectivity index (χ1v) is 6.49. The van der Waals surface area contributed by atoms with Crippen molar-refractivity contribution in [1.82, 2.24) is 10.1 Å². The summed E-state index contributed by atoms with van der Waals surface area (Å²) >= 11 is 0. The predicted octanol–water partition coefficient (Wildman–Crippen LogP) is 1.97. The van der Waals surface area contributed by atoms with Crippen molar-refractivity contribution in [2.45, 2.75) is 20.3 Å². The van der Waals surface area contributed by atoms with Crippen LogP contribution in [0, 0.1) is 12.8 Å². The number of aryl methyl sites for hydroxylation is 1. The Morgan fingerprint density at radius 2 is 2.20 bits per heavy atom. The lowest BCUT2D eigenvalue weighted by Crippen LogP contribution is -2.20. The van der Waals surface area contributed by atoms with Gasteiger partial charge < -0.3 is 15.6 Å². The Kier molecular flexibility index (Phi) is 4.47. The molecule has 0 fully saturated rings. The van der Waals surface area contributed by atoms with Gasteiger partial charge in [-0.3, -0.25) is 4.79 Å². The average Bonchev–Trinajstić information content (AvgIpc) is 2.85. The van der Waals surface area contributed by atoms with Gasteiger partial charge in [0.2, 0.25) is 5.91 Å². The minimum atomic E-state index is -0.0772. The van der Waals surface area contributed by atoms with E-state index in [0.29, 0.717) is 35.9 Å². The summed E-state index contributed by atoms with van der Waals surface area (Å²) in [6.07, 6.45) is 0.383. The molecule has 106 valence electrons. The van der Waals surface area contributed by atoms with E-state index in [0.717, 1.165) is 0 Å². The van der Waals surface area contributed by atoms with Crippen LogP contribution in [0.25, 0.3) is 11.5 Å². The van der Waals surface area contributed by atoms with Crippen molar-refractivity contribution in [3.05, 3.63) is 30.1 Å². The topological polar surface area (TPSA) is 94.0 Å². The lowest BCUT2D eigenvalue weighted by molar-refractivity contribution is -0.116. The van der Waals surface area contributed by atoms with E-state index in [2.05, 4.69) is 15.5 Å². The number of amides is 1. The van der Waals surface area contributed by atoms with Crippen molar-refractivity contribution >= 4 is 11.6 Å². The zero-order chi connectivity index (χ0) is 14.5. The zero-order valence-corrected chi connectivity index (χ0v) is 11.6. The minimum absolute atomic E-state index is 0.0772. The smallest absolute Gasteiger partial charge is 0.260 e.